The van der Waals surface area contributed by atoms with Crippen molar-refractivity contribution in [3.8, 4) is 11.5 Å². The molecule has 5 heteroatoms. The Balaban J connectivity index is 1.69. The summed E-state index contributed by atoms with van der Waals surface area (Å²) in [6.45, 7) is 4.21. The molecule has 1 aliphatic heterocycles. The normalized spacial score (nSPS) is 17.7. The predicted molar refractivity (Wildman–Crippen MR) is 103 cm³/mol. The molecule has 1 atom stereocenters. The average Bonchev–Trinajstić information content (AvgIpc) is 2.67. The van der Waals surface area contributed by atoms with Crippen molar-refractivity contribution in [3.05, 3.63) is 59.1 Å². The van der Waals surface area contributed by atoms with E-state index in [2.05, 4.69) is 19.2 Å². The van der Waals surface area contributed by atoms with Crippen molar-refractivity contribution in [1.29, 1.82) is 0 Å². The maximum Gasteiger partial charge on any atom is 0.258 e. The van der Waals surface area contributed by atoms with Crippen molar-refractivity contribution in [3.63, 3.8) is 0 Å². The highest BCUT2D eigenvalue weighted by atomic mass is 35.5. The Hall–Kier alpha value is -2.20. The highest BCUT2D eigenvalue weighted by molar-refractivity contribution is 6.30. The molecule has 0 saturated heterocycles. The zero-order valence-corrected chi connectivity index (χ0v) is 15.9. The summed E-state index contributed by atoms with van der Waals surface area (Å²) in [5, 5.41) is 3.75. The van der Waals surface area contributed by atoms with Gasteiger partial charge in [-0.25, -0.2) is 0 Å². The van der Waals surface area contributed by atoms with Gasteiger partial charge in [0.05, 0.1) is 6.04 Å². The molecule has 2 aromatic carbocycles. The molecule has 2 aromatic rings. The Morgan fingerprint density at radius 2 is 1.88 bits per heavy atom. The van der Waals surface area contributed by atoms with Crippen molar-refractivity contribution in [1.82, 2.24) is 5.32 Å². The fraction of sp³-hybridized carbons (Fsp3) is 0.381. The van der Waals surface area contributed by atoms with Gasteiger partial charge in [0, 0.05) is 17.0 Å². The van der Waals surface area contributed by atoms with Gasteiger partial charge in [0.15, 0.2) is 6.61 Å². The molecule has 0 radical (unpaired) electrons. The van der Waals surface area contributed by atoms with E-state index in [0.29, 0.717) is 10.8 Å². The molecule has 0 spiro atoms. The lowest BCUT2D eigenvalue weighted by Gasteiger charge is -2.41. The van der Waals surface area contributed by atoms with Crippen LogP contribution in [0.25, 0.3) is 0 Å². The first-order valence-corrected chi connectivity index (χ1v) is 9.38. The number of halogens is 1. The molecule has 4 nitrogen and oxygen atoms in total. The van der Waals surface area contributed by atoms with Crippen LogP contribution in [0.3, 0.4) is 0 Å². The van der Waals surface area contributed by atoms with Crippen LogP contribution in [0.4, 0.5) is 0 Å². The summed E-state index contributed by atoms with van der Waals surface area (Å²) < 4.78 is 11.8. The Morgan fingerprint density at radius 3 is 2.58 bits per heavy atom. The summed E-state index contributed by atoms with van der Waals surface area (Å²) in [5.41, 5.74) is 0.772. The molecule has 1 heterocycles. The van der Waals surface area contributed by atoms with Crippen LogP contribution in [0.2, 0.25) is 5.02 Å². The number of hydrogen-bond acceptors (Lipinski definition) is 3. The third kappa shape index (κ3) is 4.13. The summed E-state index contributed by atoms with van der Waals surface area (Å²) in [4.78, 5) is 12.4. The molecular formula is C21H24ClNO3. The highest BCUT2D eigenvalue weighted by Gasteiger charge is 2.38. The SMILES string of the molecule is CCC1(CC)CC(NC(=O)COc2ccc(Cl)cc2)c2ccccc2O1. The Kier molecular flexibility index (Phi) is 5.72. The van der Waals surface area contributed by atoms with Gasteiger partial charge in [-0.05, 0) is 43.2 Å². The van der Waals surface area contributed by atoms with Crippen molar-refractivity contribution in [2.75, 3.05) is 6.61 Å². The fourth-order valence-electron chi connectivity index (χ4n) is 3.35. The van der Waals surface area contributed by atoms with E-state index >= 15 is 0 Å². The molecule has 138 valence electrons. The second-order valence-corrected chi connectivity index (χ2v) is 7.03. The molecule has 0 bridgehead atoms. The fourth-order valence-corrected chi connectivity index (χ4v) is 3.47. The molecule has 0 saturated carbocycles. The van der Waals surface area contributed by atoms with E-state index in [-0.39, 0.29) is 24.2 Å². The van der Waals surface area contributed by atoms with Crippen LogP contribution in [0.1, 0.15) is 44.7 Å². The largest absolute Gasteiger partial charge is 0.487 e. The number of rotatable bonds is 6. The monoisotopic (exact) mass is 373 g/mol. The van der Waals surface area contributed by atoms with E-state index in [4.69, 9.17) is 21.1 Å². The summed E-state index contributed by atoms with van der Waals surface area (Å²) in [6, 6.07) is 14.8. The van der Waals surface area contributed by atoms with Gasteiger partial charge >= 0.3 is 0 Å². The molecule has 1 N–H and O–H groups in total. The first-order chi connectivity index (χ1) is 12.5. The van der Waals surface area contributed by atoms with Crippen LogP contribution in [-0.4, -0.2) is 18.1 Å². The summed E-state index contributed by atoms with van der Waals surface area (Å²) in [6.07, 6.45) is 2.54. The summed E-state index contributed by atoms with van der Waals surface area (Å²) >= 11 is 5.86. The molecule has 0 aromatic heterocycles. The van der Waals surface area contributed by atoms with Crippen LogP contribution >= 0.6 is 11.6 Å². The smallest absolute Gasteiger partial charge is 0.258 e. The number of benzene rings is 2. The Morgan fingerprint density at radius 1 is 1.19 bits per heavy atom. The van der Waals surface area contributed by atoms with Crippen LogP contribution in [0.5, 0.6) is 11.5 Å². The van der Waals surface area contributed by atoms with Gasteiger partial charge in [0.25, 0.3) is 5.91 Å². The third-order valence-corrected chi connectivity index (χ3v) is 5.26. The minimum Gasteiger partial charge on any atom is -0.487 e. The zero-order valence-electron chi connectivity index (χ0n) is 15.1. The van der Waals surface area contributed by atoms with E-state index in [1.165, 1.54) is 0 Å². The molecular weight excluding hydrogens is 350 g/mol. The maximum absolute atomic E-state index is 12.4. The lowest BCUT2D eigenvalue weighted by Crippen LogP contribution is -2.45. The van der Waals surface area contributed by atoms with Crippen molar-refractivity contribution in [2.45, 2.75) is 44.8 Å². The third-order valence-electron chi connectivity index (χ3n) is 5.00. The number of ether oxygens (including phenoxy) is 2. The molecule has 1 unspecified atom stereocenters. The molecule has 1 amide bonds. The number of hydrogen-bond donors (Lipinski definition) is 1. The van der Waals surface area contributed by atoms with Crippen molar-refractivity contribution < 1.29 is 14.3 Å². The van der Waals surface area contributed by atoms with Crippen LogP contribution in [-0.2, 0) is 4.79 Å². The topological polar surface area (TPSA) is 47.6 Å². The van der Waals surface area contributed by atoms with E-state index in [1.807, 2.05) is 24.3 Å². The summed E-state index contributed by atoms with van der Waals surface area (Å²) in [5.74, 6) is 1.32. The van der Waals surface area contributed by atoms with Gasteiger partial charge in [-0.15, -0.1) is 0 Å². The lowest BCUT2D eigenvalue weighted by atomic mass is 9.83. The van der Waals surface area contributed by atoms with E-state index in [9.17, 15) is 4.79 Å². The van der Waals surface area contributed by atoms with Gasteiger partial charge in [0.2, 0.25) is 0 Å². The van der Waals surface area contributed by atoms with Gasteiger partial charge in [0.1, 0.15) is 17.1 Å². The number of carbonyl (C=O) groups excluding carboxylic acids is 1. The van der Waals surface area contributed by atoms with Gasteiger partial charge < -0.3 is 14.8 Å². The molecule has 0 fully saturated rings. The number of amides is 1. The zero-order chi connectivity index (χ0) is 18.6. The van der Waals surface area contributed by atoms with E-state index < -0.39 is 0 Å². The summed E-state index contributed by atoms with van der Waals surface area (Å²) in [7, 11) is 0. The van der Waals surface area contributed by atoms with Gasteiger partial charge in [-0.2, -0.15) is 0 Å². The van der Waals surface area contributed by atoms with E-state index in [1.54, 1.807) is 24.3 Å². The van der Waals surface area contributed by atoms with Crippen LogP contribution in [0.15, 0.2) is 48.5 Å². The first kappa shape index (κ1) is 18.6. The van der Waals surface area contributed by atoms with Crippen LogP contribution in [0, 0.1) is 0 Å². The Bertz CT molecular complexity index is 756. The number of nitrogens with one attached hydrogen (secondary N) is 1. The second kappa shape index (κ2) is 8.00. The maximum atomic E-state index is 12.4. The second-order valence-electron chi connectivity index (χ2n) is 6.60. The minimum atomic E-state index is -0.247. The number of fused-ring (bicyclic) bond motifs is 1. The van der Waals surface area contributed by atoms with Gasteiger partial charge in [-0.3, -0.25) is 4.79 Å². The van der Waals surface area contributed by atoms with Gasteiger partial charge in [-0.1, -0.05) is 43.6 Å². The highest BCUT2D eigenvalue weighted by Crippen LogP contribution is 2.42. The number of para-hydroxylation sites is 1. The number of carbonyl (C=O) groups is 1. The van der Waals surface area contributed by atoms with E-state index in [0.717, 1.165) is 30.6 Å². The predicted octanol–water partition coefficient (Wildman–Crippen LogP) is 4.92. The Labute approximate surface area is 159 Å². The molecule has 3 rings (SSSR count). The van der Waals surface area contributed by atoms with Crippen LogP contribution < -0.4 is 14.8 Å². The minimum absolute atomic E-state index is 0.0353. The van der Waals surface area contributed by atoms with Crippen molar-refractivity contribution in [2.24, 2.45) is 0 Å². The molecule has 1 aliphatic rings. The first-order valence-electron chi connectivity index (χ1n) is 9.01. The molecule has 26 heavy (non-hydrogen) atoms. The van der Waals surface area contributed by atoms with Crippen molar-refractivity contribution >= 4 is 17.5 Å². The standard InChI is InChI=1S/C21H24ClNO3/c1-3-21(4-2)13-18(17-7-5-6-8-19(17)26-21)23-20(24)14-25-16-11-9-15(22)10-12-16/h5-12,18H,3-4,13-14H2,1-2H3,(H,23,24). The quantitative estimate of drug-likeness (QED) is 0.781. The lowest BCUT2D eigenvalue weighted by molar-refractivity contribution is -0.124. The molecule has 0 aliphatic carbocycles. The average molecular weight is 374 g/mol.